The molecule has 162 valence electrons. The number of nitrogens with two attached hydrogens (primary N) is 1. The first kappa shape index (κ1) is 22.1. The highest BCUT2D eigenvalue weighted by atomic mass is 32.1. The smallest absolute Gasteiger partial charge is 0.365 e. The number of carbonyl (C=O) groups is 2. The van der Waals surface area contributed by atoms with Crippen LogP contribution in [-0.2, 0) is 25.2 Å². The number of thiophene rings is 1. The Morgan fingerprint density at radius 3 is 2.13 bits per heavy atom. The Morgan fingerprint density at radius 1 is 1.07 bits per heavy atom. The number of benzene rings is 1. The SMILES string of the molecule is CC1CCc2c(sc(NC(=O)c3cc(C(F)(F)F)cc(C(F)(F)F)c3)c2C(N)=O)C1. The molecule has 0 saturated heterocycles. The van der Waals surface area contributed by atoms with E-state index >= 15 is 0 Å². The van der Waals surface area contributed by atoms with E-state index in [2.05, 4.69) is 5.32 Å². The molecule has 0 fully saturated rings. The van der Waals surface area contributed by atoms with Gasteiger partial charge in [0.1, 0.15) is 5.00 Å². The van der Waals surface area contributed by atoms with Crippen LogP contribution in [-0.4, -0.2) is 11.8 Å². The predicted octanol–water partition coefficient (Wildman–Crippen LogP) is 5.26. The minimum atomic E-state index is -5.08. The number of anilines is 1. The lowest BCUT2D eigenvalue weighted by molar-refractivity contribution is -0.143. The molecule has 1 aromatic carbocycles. The summed E-state index contributed by atoms with van der Waals surface area (Å²) < 4.78 is 78.2. The number of hydrogen-bond acceptors (Lipinski definition) is 3. The predicted molar refractivity (Wildman–Crippen MR) is 98.4 cm³/mol. The maximum Gasteiger partial charge on any atom is 0.416 e. The molecule has 2 aromatic rings. The quantitative estimate of drug-likeness (QED) is 0.626. The van der Waals surface area contributed by atoms with Crippen molar-refractivity contribution >= 4 is 28.2 Å². The molecule has 0 saturated carbocycles. The van der Waals surface area contributed by atoms with Crippen LogP contribution >= 0.6 is 11.3 Å². The van der Waals surface area contributed by atoms with E-state index in [0.29, 0.717) is 36.5 Å². The Kier molecular flexibility index (Phi) is 5.61. The summed E-state index contributed by atoms with van der Waals surface area (Å²) in [6, 6.07) is 0.616. The Bertz CT molecular complexity index is 977. The number of hydrogen-bond donors (Lipinski definition) is 2. The van der Waals surface area contributed by atoms with E-state index in [1.807, 2.05) is 6.92 Å². The van der Waals surface area contributed by atoms with E-state index in [0.717, 1.165) is 22.6 Å². The molecule has 11 heteroatoms. The third kappa shape index (κ3) is 4.45. The fraction of sp³-hybridized carbons (Fsp3) is 0.368. The number of halogens is 6. The second-order valence-electron chi connectivity index (χ2n) is 7.17. The summed E-state index contributed by atoms with van der Waals surface area (Å²) in [7, 11) is 0. The molecular weight excluding hydrogens is 434 g/mol. The normalized spacial score (nSPS) is 16.8. The van der Waals surface area contributed by atoms with Crippen LogP contribution in [0.5, 0.6) is 0 Å². The first-order valence-corrected chi connectivity index (χ1v) is 9.64. The number of nitrogens with one attached hydrogen (secondary N) is 1. The van der Waals surface area contributed by atoms with Gasteiger partial charge in [-0.05, 0) is 48.9 Å². The number of amides is 2. The maximum absolute atomic E-state index is 13.0. The molecule has 0 bridgehead atoms. The standard InChI is InChI=1S/C19H16F6N2O2S/c1-8-2-3-12-13(4-8)30-17(14(12)15(26)28)27-16(29)9-5-10(18(20,21)22)7-11(6-9)19(23,24)25/h5-8H,2-4H2,1H3,(H2,26,28)(H,27,29). The molecule has 0 spiro atoms. The summed E-state index contributed by atoms with van der Waals surface area (Å²) in [6.45, 7) is 2.01. The van der Waals surface area contributed by atoms with Gasteiger partial charge in [-0.2, -0.15) is 26.3 Å². The molecule has 30 heavy (non-hydrogen) atoms. The Balaban J connectivity index is 2.02. The van der Waals surface area contributed by atoms with Crippen LogP contribution in [0.15, 0.2) is 18.2 Å². The van der Waals surface area contributed by atoms with Crippen molar-refractivity contribution in [3.05, 3.63) is 50.9 Å². The van der Waals surface area contributed by atoms with Gasteiger partial charge in [-0.1, -0.05) is 6.92 Å². The van der Waals surface area contributed by atoms with E-state index in [-0.39, 0.29) is 16.6 Å². The van der Waals surface area contributed by atoms with Gasteiger partial charge in [0.15, 0.2) is 0 Å². The van der Waals surface area contributed by atoms with Gasteiger partial charge >= 0.3 is 12.4 Å². The number of carbonyl (C=O) groups excluding carboxylic acids is 2. The van der Waals surface area contributed by atoms with Gasteiger partial charge in [-0.25, -0.2) is 0 Å². The highest BCUT2D eigenvalue weighted by Gasteiger charge is 2.37. The summed E-state index contributed by atoms with van der Waals surface area (Å²) >= 11 is 1.06. The molecule has 4 nitrogen and oxygen atoms in total. The van der Waals surface area contributed by atoms with Crippen molar-refractivity contribution in [2.24, 2.45) is 11.7 Å². The average Bonchev–Trinajstić information content (AvgIpc) is 2.96. The molecule has 1 aliphatic carbocycles. The third-order valence-electron chi connectivity index (χ3n) is 4.83. The van der Waals surface area contributed by atoms with Crippen LogP contribution in [0.3, 0.4) is 0 Å². The minimum Gasteiger partial charge on any atom is -0.365 e. The number of fused-ring (bicyclic) bond motifs is 1. The van der Waals surface area contributed by atoms with Crippen LogP contribution in [0.4, 0.5) is 31.3 Å². The zero-order chi connectivity index (χ0) is 22.4. The maximum atomic E-state index is 13.0. The zero-order valence-electron chi connectivity index (χ0n) is 15.5. The molecule has 1 aromatic heterocycles. The van der Waals surface area contributed by atoms with Gasteiger partial charge in [0.05, 0.1) is 16.7 Å². The molecule has 0 aliphatic heterocycles. The van der Waals surface area contributed by atoms with Gasteiger partial charge < -0.3 is 11.1 Å². The van der Waals surface area contributed by atoms with Gasteiger partial charge in [-0.3, -0.25) is 9.59 Å². The first-order valence-electron chi connectivity index (χ1n) is 8.82. The molecule has 3 rings (SSSR count). The second kappa shape index (κ2) is 7.60. The molecule has 3 N–H and O–H groups in total. The van der Waals surface area contributed by atoms with Crippen molar-refractivity contribution in [1.29, 1.82) is 0 Å². The summed E-state index contributed by atoms with van der Waals surface area (Å²) in [5.41, 5.74) is 2.11. The average molecular weight is 450 g/mol. The van der Waals surface area contributed by atoms with Crippen LogP contribution in [0.1, 0.15) is 55.6 Å². The monoisotopic (exact) mass is 450 g/mol. The van der Waals surface area contributed by atoms with Crippen molar-refractivity contribution in [1.82, 2.24) is 0 Å². The zero-order valence-corrected chi connectivity index (χ0v) is 16.3. The number of primary amides is 1. The lowest BCUT2D eigenvalue weighted by atomic mass is 9.88. The highest BCUT2D eigenvalue weighted by Crippen LogP contribution is 2.40. The molecule has 1 atom stereocenters. The Morgan fingerprint density at radius 2 is 1.63 bits per heavy atom. The fourth-order valence-electron chi connectivity index (χ4n) is 3.36. The fourth-order valence-corrected chi connectivity index (χ4v) is 4.77. The molecule has 1 heterocycles. The van der Waals surface area contributed by atoms with Crippen molar-refractivity contribution < 1.29 is 35.9 Å². The second-order valence-corrected chi connectivity index (χ2v) is 8.27. The van der Waals surface area contributed by atoms with Crippen molar-refractivity contribution in [2.45, 2.75) is 38.5 Å². The van der Waals surface area contributed by atoms with Crippen LogP contribution in [0.25, 0.3) is 0 Å². The molecule has 0 radical (unpaired) electrons. The van der Waals surface area contributed by atoms with Crippen molar-refractivity contribution in [3.63, 3.8) is 0 Å². The lowest BCUT2D eigenvalue weighted by Crippen LogP contribution is -2.20. The van der Waals surface area contributed by atoms with Gasteiger partial charge in [-0.15, -0.1) is 11.3 Å². The van der Waals surface area contributed by atoms with E-state index in [1.54, 1.807) is 0 Å². The highest BCUT2D eigenvalue weighted by molar-refractivity contribution is 7.17. The largest absolute Gasteiger partial charge is 0.416 e. The Hall–Kier alpha value is -2.56. The molecule has 1 unspecified atom stereocenters. The molecule has 2 amide bonds. The van der Waals surface area contributed by atoms with Crippen LogP contribution < -0.4 is 11.1 Å². The van der Waals surface area contributed by atoms with E-state index < -0.39 is 40.9 Å². The van der Waals surface area contributed by atoms with Gasteiger partial charge in [0.25, 0.3) is 11.8 Å². The summed E-state index contributed by atoms with van der Waals surface area (Å²) in [6.07, 6.45) is -8.18. The first-order chi connectivity index (χ1) is 13.8. The minimum absolute atomic E-state index is 0.0255. The Labute approximate surface area is 171 Å². The van der Waals surface area contributed by atoms with E-state index in [1.165, 1.54) is 0 Å². The van der Waals surface area contributed by atoms with Gasteiger partial charge in [0, 0.05) is 10.4 Å². The van der Waals surface area contributed by atoms with E-state index in [9.17, 15) is 35.9 Å². The summed E-state index contributed by atoms with van der Waals surface area (Å²) in [5.74, 6) is -1.68. The van der Waals surface area contributed by atoms with E-state index in [4.69, 9.17) is 5.73 Å². The third-order valence-corrected chi connectivity index (χ3v) is 6.00. The molecular formula is C19H16F6N2O2S. The summed E-state index contributed by atoms with van der Waals surface area (Å²) in [4.78, 5) is 25.3. The number of rotatable bonds is 3. The van der Waals surface area contributed by atoms with Crippen molar-refractivity contribution in [2.75, 3.05) is 5.32 Å². The van der Waals surface area contributed by atoms with Crippen LogP contribution in [0, 0.1) is 5.92 Å². The topological polar surface area (TPSA) is 72.2 Å². The lowest BCUT2D eigenvalue weighted by Gasteiger charge is -2.18. The van der Waals surface area contributed by atoms with Gasteiger partial charge in [0.2, 0.25) is 0 Å². The molecule has 1 aliphatic rings. The summed E-state index contributed by atoms with van der Waals surface area (Å²) in [5, 5.41) is 2.31. The number of alkyl halides is 6. The van der Waals surface area contributed by atoms with Crippen LogP contribution in [0.2, 0.25) is 0 Å². The van der Waals surface area contributed by atoms with Crippen molar-refractivity contribution in [3.8, 4) is 0 Å².